The topological polar surface area (TPSA) is 43.3 Å². The number of benzene rings is 2. The Morgan fingerprint density at radius 1 is 1.15 bits per heavy atom. The molecule has 1 N–H and O–H groups in total. The van der Waals surface area contributed by atoms with Gasteiger partial charge in [0.1, 0.15) is 6.61 Å². The molecule has 1 amide bonds. The number of fused-ring (bicyclic) bond motifs is 1. The molecule has 26 heavy (non-hydrogen) atoms. The molecule has 3 rings (SSSR count). The van der Waals surface area contributed by atoms with Crippen LogP contribution in [0.4, 0.5) is 4.39 Å². The summed E-state index contributed by atoms with van der Waals surface area (Å²) in [5.41, 5.74) is 2.08. The second kappa shape index (κ2) is 8.21. The van der Waals surface area contributed by atoms with Crippen LogP contribution < -0.4 is 10.1 Å². The number of ether oxygens (including phenoxy) is 1. The van der Waals surface area contributed by atoms with Crippen LogP contribution in [0.5, 0.6) is 5.75 Å². The summed E-state index contributed by atoms with van der Waals surface area (Å²) in [6.45, 7) is 0.296. The molecule has 0 radical (unpaired) electrons. The molecule has 0 unspecified atom stereocenters. The maximum absolute atomic E-state index is 13.4. The lowest BCUT2D eigenvalue weighted by Crippen LogP contribution is -2.25. The Morgan fingerprint density at radius 3 is 2.77 bits per heavy atom. The zero-order valence-electron chi connectivity index (χ0n) is 14.5. The fourth-order valence-electron chi connectivity index (χ4n) is 2.73. The van der Waals surface area contributed by atoms with E-state index in [1.54, 1.807) is 18.2 Å². The first-order chi connectivity index (χ1) is 12.6. The Balaban J connectivity index is 1.47. The molecule has 0 atom stereocenters. The molecule has 2 aromatic carbocycles. The van der Waals surface area contributed by atoms with Crippen molar-refractivity contribution in [2.24, 2.45) is 7.05 Å². The van der Waals surface area contributed by atoms with E-state index in [1.807, 2.05) is 42.1 Å². The molecule has 0 fully saturated rings. The lowest BCUT2D eigenvalue weighted by molar-refractivity contribution is -0.120. The van der Waals surface area contributed by atoms with E-state index in [-0.39, 0.29) is 24.8 Å². The number of para-hydroxylation sites is 2. The van der Waals surface area contributed by atoms with E-state index in [0.717, 1.165) is 16.5 Å². The van der Waals surface area contributed by atoms with E-state index >= 15 is 0 Å². The fourth-order valence-corrected chi connectivity index (χ4v) is 2.73. The third-order valence-corrected chi connectivity index (χ3v) is 3.97. The molecule has 0 aliphatic rings. The Labute approximate surface area is 151 Å². The standard InChI is InChI=1S/C21H19FN2O2/c1-24-15-16(17-8-2-4-10-19(17)24)14-21(25)23-12-6-7-13-26-20-11-5-3-9-18(20)22/h2-5,8-11,15H,12-14H2,1H3,(H,23,25). The highest BCUT2D eigenvalue weighted by atomic mass is 19.1. The number of aryl methyl sites for hydroxylation is 1. The van der Waals surface area contributed by atoms with Crippen LogP contribution in [0.3, 0.4) is 0 Å². The minimum Gasteiger partial charge on any atom is -0.478 e. The number of nitrogens with zero attached hydrogens (tertiary/aromatic N) is 1. The third kappa shape index (κ3) is 4.22. The van der Waals surface area contributed by atoms with Crippen molar-refractivity contribution in [1.82, 2.24) is 9.88 Å². The highest BCUT2D eigenvalue weighted by Crippen LogP contribution is 2.20. The average Bonchev–Trinajstić information content (AvgIpc) is 2.95. The lowest BCUT2D eigenvalue weighted by atomic mass is 10.1. The first-order valence-electron chi connectivity index (χ1n) is 8.28. The van der Waals surface area contributed by atoms with Crippen LogP contribution in [0, 0.1) is 17.7 Å². The molecule has 3 aromatic rings. The van der Waals surface area contributed by atoms with Crippen molar-refractivity contribution >= 4 is 16.8 Å². The first-order valence-corrected chi connectivity index (χ1v) is 8.28. The van der Waals surface area contributed by atoms with Crippen LogP contribution in [0.2, 0.25) is 0 Å². The van der Waals surface area contributed by atoms with Crippen LogP contribution in [0.1, 0.15) is 5.56 Å². The number of carbonyl (C=O) groups is 1. The molecule has 132 valence electrons. The van der Waals surface area contributed by atoms with E-state index in [2.05, 4.69) is 17.2 Å². The molecule has 0 saturated carbocycles. The van der Waals surface area contributed by atoms with Gasteiger partial charge in [-0.1, -0.05) is 42.2 Å². The van der Waals surface area contributed by atoms with Gasteiger partial charge in [-0.3, -0.25) is 4.79 Å². The predicted octanol–water partition coefficient (Wildman–Crippen LogP) is 3.06. The Bertz CT molecular complexity index is 982. The SMILES string of the molecule is Cn1cc(CC(=O)NCC#CCOc2ccccc2F)c2ccccc21. The molecular formula is C21H19FN2O2. The average molecular weight is 350 g/mol. The Morgan fingerprint density at radius 2 is 1.92 bits per heavy atom. The largest absolute Gasteiger partial charge is 0.478 e. The summed E-state index contributed by atoms with van der Waals surface area (Å²) in [6, 6.07) is 14.1. The van der Waals surface area contributed by atoms with Gasteiger partial charge in [0.15, 0.2) is 11.6 Å². The molecule has 1 heterocycles. The summed E-state index contributed by atoms with van der Waals surface area (Å²) in [4.78, 5) is 12.1. The minimum absolute atomic E-state index is 0.0696. The first kappa shape index (κ1) is 17.6. The Kier molecular flexibility index (Phi) is 5.55. The van der Waals surface area contributed by atoms with Gasteiger partial charge in [-0.15, -0.1) is 0 Å². The number of hydrogen-bond acceptors (Lipinski definition) is 2. The highest BCUT2D eigenvalue weighted by molar-refractivity contribution is 5.89. The molecule has 0 saturated heterocycles. The van der Waals surface area contributed by atoms with Gasteiger partial charge in [0, 0.05) is 24.1 Å². The van der Waals surface area contributed by atoms with Crippen molar-refractivity contribution in [3.05, 3.63) is 66.1 Å². The molecule has 0 spiro atoms. The Hall–Kier alpha value is -3.26. The van der Waals surface area contributed by atoms with Crippen molar-refractivity contribution in [3.8, 4) is 17.6 Å². The molecule has 0 bridgehead atoms. The van der Waals surface area contributed by atoms with Crippen molar-refractivity contribution in [2.75, 3.05) is 13.2 Å². The summed E-state index contributed by atoms with van der Waals surface area (Å²) >= 11 is 0. The second-order valence-corrected chi connectivity index (χ2v) is 5.81. The summed E-state index contributed by atoms with van der Waals surface area (Å²) in [5.74, 6) is 5.21. The number of amides is 1. The number of halogens is 1. The van der Waals surface area contributed by atoms with Gasteiger partial charge in [0.25, 0.3) is 0 Å². The number of rotatable bonds is 5. The zero-order chi connectivity index (χ0) is 18.4. The summed E-state index contributed by atoms with van der Waals surface area (Å²) in [7, 11) is 1.96. The number of aromatic nitrogens is 1. The summed E-state index contributed by atoms with van der Waals surface area (Å²) < 4.78 is 20.6. The monoisotopic (exact) mass is 350 g/mol. The summed E-state index contributed by atoms with van der Waals surface area (Å²) in [5, 5.41) is 3.84. The van der Waals surface area contributed by atoms with Crippen molar-refractivity contribution in [2.45, 2.75) is 6.42 Å². The third-order valence-electron chi connectivity index (χ3n) is 3.97. The van der Waals surface area contributed by atoms with Crippen LogP contribution in [0.25, 0.3) is 10.9 Å². The normalized spacial score (nSPS) is 10.2. The van der Waals surface area contributed by atoms with Crippen LogP contribution >= 0.6 is 0 Å². The van der Waals surface area contributed by atoms with Crippen LogP contribution in [-0.2, 0) is 18.3 Å². The molecule has 0 aliphatic carbocycles. The molecule has 1 aromatic heterocycles. The number of carbonyl (C=O) groups excluding carboxylic acids is 1. The molecular weight excluding hydrogens is 331 g/mol. The van der Waals surface area contributed by atoms with Gasteiger partial charge in [-0.05, 0) is 23.8 Å². The highest BCUT2D eigenvalue weighted by Gasteiger charge is 2.09. The van der Waals surface area contributed by atoms with Crippen LogP contribution in [0.15, 0.2) is 54.7 Å². The van der Waals surface area contributed by atoms with E-state index in [0.29, 0.717) is 6.42 Å². The van der Waals surface area contributed by atoms with E-state index < -0.39 is 5.82 Å². The number of nitrogens with one attached hydrogen (secondary N) is 1. The van der Waals surface area contributed by atoms with Gasteiger partial charge in [-0.2, -0.15) is 0 Å². The zero-order valence-corrected chi connectivity index (χ0v) is 14.5. The van der Waals surface area contributed by atoms with Crippen molar-refractivity contribution < 1.29 is 13.9 Å². The van der Waals surface area contributed by atoms with Gasteiger partial charge < -0.3 is 14.6 Å². The minimum atomic E-state index is -0.419. The van der Waals surface area contributed by atoms with Crippen LogP contribution in [-0.4, -0.2) is 23.6 Å². The molecule has 4 nitrogen and oxygen atoms in total. The second-order valence-electron chi connectivity index (χ2n) is 5.81. The fraction of sp³-hybridized carbons (Fsp3) is 0.190. The maximum Gasteiger partial charge on any atom is 0.225 e. The maximum atomic E-state index is 13.4. The predicted molar refractivity (Wildman–Crippen MR) is 99.3 cm³/mol. The smallest absolute Gasteiger partial charge is 0.225 e. The van der Waals surface area contributed by atoms with E-state index in [1.165, 1.54) is 6.07 Å². The molecule has 0 aliphatic heterocycles. The number of hydrogen-bond donors (Lipinski definition) is 1. The van der Waals surface area contributed by atoms with E-state index in [9.17, 15) is 9.18 Å². The van der Waals surface area contributed by atoms with Gasteiger partial charge in [-0.25, -0.2) is 4.39 Å². The lowest BCUT2D eigenvalue weighted by Gasteiger charge is -2.02. The molecule has 5 heteroatoms. The summed E-state index contributed by atoms with van der Waals surface area (Å²) in [6.07, 6.45) is 2.27. The van der Waals surface area contributed by atoms with Gasteiger partial charge in [0.05, 0.1) is 13.0 Å². The van der Waals surface area contributed by atoms with Crippen molar-refractivity contribution in [1.29, 1.82) is 0 Å². The van der Waals surface area contributed by atoms with E-state index in [4.69, 9.17) is 4.74 Å². The van der Waals surface area contributed by atoms with Crippen molar-refractivity contribution in [3.63, 3.8) is 0 Å². The van der Waals surface area contributed by atoms with Gasteiger partial charge in [0.2, 0.25) is 5.91 Å². The quantitative estimate of drug-likeness (QED) is 0.719. The van der Waals surface area contributed by atoms with Gasteiger partial charge >= 0.3 is 0 Å².